The second-order valence-corrected chi connectivity index (χ2v) is 16.8. The molecule has 2 aromatic heterocycles. The van der Waals surface area contributed by atoms with Gasteiger partial charge in [0.05, 0.1) is 11.7 Å². The Balaban J connectivity index is 1.18. The van der Waals surface area contributed by atoms with Crippen LogP contribution in [0.3, 0.4) is 0 Å². The van der Waals surface area contributed by atoms with Gasteiger partial charge in [-0.3, -0.25) is 24.2 Å². The average Bonchev–Trinajstić information content (AvgIpc) is 3.77. The number of anilines is 1. The Hall–Kier alpha value is -4.72. The van der Waals surface area contributed by atoms with Gasteiger partial charge in [-0.05, 0) is 75.4 Å². The molecule has 0 aliphatic heterocycles. The summed E-state index contributed by atoms with van der Waals surface area (Å²) in [7, 11) is 3.62. The van der Waals surface area contributed by atoms with Crippen LogP contribution in [0.15, 0.2) is 42.5 Å². The Labute approximate surface area is 320 Å². The fourth-order valence-corrected chi connectivity index (χ4v) is 8.14. The van der Waals surface area contributed by atoms with E-state index < -0.39 is 17.3 Å². The molecule has 2 heterocycles. The molecule has 0 saturated heterocycles. The number of nitrogens with zero attached hydrogens (tertiary/aromatic N) is 5. The van der Waals surface area contributed by atoms with Gasteiger partial charge in [-0.25, -0.2) is 4.52 Å². The van der Waals surface area contributed by atoms with E-state index in [1.807, 2.05) is 34.0 Å². The standard InChI is InChI=1S/C40H54N8O5S/c1-25-18-19-29(23-33(25)37(49)41-26(2)36-43-42-35-24-34(40(3,4)5)44-48(35)36)45-54(52)53-32-21-27(38(50)46(6)30-14-10-8-11-15-30)20-28(22-32)39(51)47(7)31-16-12-9-13-17-31/h18-24,26,30-31,44-45H,8-17H2,1-7H3,(H,41,49). The zero-order chi connectivity index (χ0) is 38.7. The number of H-pyrrole nitrogens is 1. The Morgan fingerprint density at radius 2 is 1.44 bits per heavy atom. The molecule has 14 heteroatoms. The first kappa shape index (κ1) is 39.0. The maximum atomic E-state index is 13.8. The minimum atomic E-state index is -2.14. The van der Waals surface area contributed by atoms with E-state index in [9.17, 15) is 18.6 Å². The van der Waals surface area contributed by atoms with E-state index in [0.717, 1.165) is 75.5 Å². The van der Waals surface area contributed by atoms with E-state index in [2.05, 4.69) is 46.1 Å². The number of aryl methyl sites for hydroxylation is 1. The number of hydrogen-bond acceptors (Lipinski definition) is 7. The third kappa shape index (κ3) is 8.80. The molecule has 2 aliphatic rings. The van der Waals surface area contributed by atoms with Crippen LogP contribution in [-0.2, 0) is 16.7 Å². The average molecular weight is 759 g/mol. The van der Waals surface area contributed by atoms with E-state index in [-0.39, 0.29) is 41.0 Å². The van der Waals surface area contributed by atoms with Gasteiger partial charge < -0.3 is 19.3 Å². The second kappa shape index (κ2) is 16.3. The van der Waals surface area contributed by atoms with Gasteiger partial charge >= 0.3 is 11.3 Å². The molecule has 3 amide bonds. The lowest BCUT2D eigenvalue weighted by Crippen LogP contribution is -2.39. The maximum Gasteiger partial charge on any atom is 0.316 e. The molecule has 2 saturated carbocycles. The fourth-order valence-electron chi connectivity index (χ4n) is 7.51. The number of benzene rings is 2. The van der Waals surface area contributed by atoms with Crippen molar-refractivity contribution in [1.82, 2.24) is 34.9 Å². The molecule has 2 fully saturated rings. The monoisotopic (exact) mass is 758 g/mol. The SMILES string of the molecule is Cc1ccc(NS(=O)Oc2cc(C(=O)N(C)C3CCCCC3)cc(C(=O)N(C)C3CCCCC3)c2)cc1C(=O)NC(C)c1nnc2cc(C(C)(C)C)[nH]n12. The highest BCUT2D eigenvalue weighted by atomic mass is 32.2. The van der Waals surface area contributed by atoms with Crippen LogP contribution >= 0.6 is 0 Å². The summed E-state index contributed by atoms with van der Waals surface area (Å²) >= 11 is -2.14. The molecular weight excluding hydrogens is 705 g/mol. The van der Waals surface area contributed by atoms with Crippen molar-refractivity contribution in [3.63, 3.8) is 0 Å². The normalized spacial score (nSPS) is 16.8. The third-order valence-corrected chi connectivity index (χ3v) is 11.6. The first-order chi connectivity index (χ1) is 25.7. The van der Waals surface area contributed by atoms with E-state index in [4.69, 9.17) is 4.18 Å². The molecule has 2 aliphatic carbocycles. The van der Waals surface area contributed by atoms with Crippen LogP contribution in [0, 0.1) is 6.92 Å². The van der Waals surface area contributed by atoms with Gasteiger partial charge in [0.2, 0.25) is 0 Å². The van der Waals surface area contributed by atoms with Crippen molar-refractivity contribution in [2.75, 3.05) is 18.8 Å². The zero-order valence-corrected chi connectivity index (χ0v) is 33.3. The van der Waals surface area contributed by atoms with Crippen molar-refractivity contribution in [2.45, 2.75) is 122 Å². The highest BCUT2D eigenvalue weighted by Crippen LogP contribution is 2.29. The van der Waals surface area contributed by atoms with Gasteiger partial charge in [-0.15, -0.1) is 10.2 Å². The highest BCUT2D eigenvalue weighted by Gasteiger charge is 2.28. The van der Waals surface area contributed by atoms with Crippen molar-refractivity contribution in [3.8, 4) is 5.75 Å². The molecule has 0 radical (unpaired) electrons. The molecule has 6 rings (SSSR count). The molecule has 2 aromatic carbocycles. The first-order valence-electron chi connectivity index (χ1n) is 19.1. The number of nitrogens with one attached hydrogen (secondary N) is 3. The van der Waals surface area contributed by atoms with Crippen molar-refractivity contribution in [3.05, 3.63) is 76.2 Å². The topological polar surface area (TPSA) is 154 Å². The van der Waals surface area contributed by atoms with E-state index in [0.29, 0.717) is 33.8 Å². The van der Waals surface area contributed by atoms with Crippen LogP contribution in [0.25, 0.3) is 5.65 Å². The van der Waals surface area contributed by atoms with Crippen LogP contribution in [0.4, 0.5) is 5.69 Å². The first-order valence-corrected chi connectivity index (χ1v) is 20.2. The Morgan fingerprint density at radius 3 is 2.00 bits per heavy atom. The molecule has 54 heavy (non-hydrogen) atoms. The number of aromatic nitrogens is 4. The summed E-state index contributed by atoms with van der Waals surface area (Å²) in [6.45, 7) is 9.96. The second-order valence-electron chi connectivity index (χ2n) is 16.0. The van der Waals surface area contributed by atoms with Crippen molar-refractivity contribution >= 4 is 40.3 Å². The van der Waals surface area contributed by atoms with Gasteiger partial charge in [0.15, 0.2) is 11.5 Å². The minimum absolute atomic E-state index is 0.116. The van der Waals surface area contributed by atoms with Crippen molar-refractivity contribution in [1.29, 1.82) is 0 Å². The van der Waals surface area contributed by atoms with Gasteiger partial charge in [0.25, 0.3) is 17.7 Å². The molecule has 3 N–H and O–H groups in total. The number of hydrogen-bond donors (Lipinski definition) is 3. The lowest BCUT2D eigenvalue weighted by atomic mass is 9.93. The van der Waals surface area contributed by atoms with Gasteiger partial charge in [0, 0.05) is 60.0 Å². The molecular formula is C40H54N8O5S. The number of amides is 3. The highest BCUT2D eigenvalue weighted by molar-refractivity contribution is 7.81. The minimum Gasteiger partial charge on any atom is -0.385 e. The number of carbonyl (C=O) groups is 3. The lowest BCUT2D eigenvalue weighted by Gasteiger charge is -2.32. The molecule has 2 unspecified atom stereocenters. The number of aromatic amines is 1. The maximum absolute atomic E-state index is 13.8. The quantitative estimate of drug-likeness (QED) is 0.148. The summed E-state index contributed by atoms with van der Waals surface area (Å²) in [4.78, 5) is 44.7. The molecule has 2 atom stereocenters. The molecule has 0 spiro atoms. The van der Waals surface area contributed by atoms with Crippen LogP contribution < -0.4 is 14.2 Å². The number of carbonyl (C=O) groups excluding carboxylic acids is 3. The van der Waals surface area contributed by atoms with Gasteiger partial charge in [-0.2, -0.15) is 4.21 Å². The summed E-state index contributed by atoms with van der Waals surface area (Å²) in [6, 6.07) is 11.5. The summed E-state index contributed by atoms with van der Waals surface area (Å²) < 4.78 is 23.9. The van der Waals surface area contributed by atoms with E-state index in [1.165, 1.54) is 0 Å². The van der Waals surface area contributed by atoms with Crippen molar-refractivity contribution in [2.24, 2.45) is 0 Å². The van der Waals surface area contributed by atoms with Gasteiger partial charge in [0.1, 0.15) is 5.75 Å². The Bertz CT molecular complexity index is 1970. The van der Waals surface area contributed by atoms with E-state index >= 15 is 0 Å². The van der Waals surface area contributed by atoms with E-state index in [1.54, 1.807) is 50.7 Å². The summed E-state index contributed by atoms with van der Waals surface area (Å²) in [5.41, 5.74) is 3.64. The predicted molar refractivity (Wildman–Crippen MR) is 210 cm³/mol. The summed E-state index contributed by atoms with van der Waals surface area (Å²) in [5.74, 6) is -0.0677. The fraction of sp³-hybridized carbons (Fsp3) is 0.525. The molecule has 0 bridgehead atoms. The number of fused-ring (bicyclic) bond motifs is 1. The van der Waals surface area contributed by atoms with Gasteiger partial charge in [-0.1, -0.05) is 65.4 Å². The zero-order valence-electron chi connectivity index (χ0n) is 32.5. The third-order valence-electron chi connectivity index (χ3n) is 10.9. The smallest absolute Gasteiger partial charge is 0.316 e. The summed E-state index contributed by atoms with van der Waals surface area (Å²) in [5, 5.41) is 14.9. The molecule has 13 nitrogen and oxygen atoms in total. The van der Waals surface area contributed by atoms with Crippen molar-refractivity contribution < 1.29 is 22.8 Å². The number of rotatable bonds is 11. The molecule has 4 aromatic rings. The summed E-state index contributed by atoms with van der Waals surface area (Å²) in [6.07, 6.45) is 10.4. The van der Waals surface area contributed by atoms with Crippen LogP contribution in [-0.4, -0.2) is 77.7 Å². The predicted octanol–water partition coefficient (Wildman–Crippen LogP) is 7.03. The van der Waals surface area contributed by atoms with Crippen LogP contribution in [0.5, 0.6) is 5.75 Å². The van der Waals surface area contributed by atoms with Crippen LogP contribution in [0.1, 0.15) is 146 Å². The van der Waals surface area contributed by atoms with Crippen LogP contribution in [0.2, 0.25) is 0 Å². The Morgan fingerprint density at radius 1 is 0.870 bits per heavy atom. The molecule has 290 valence electrons. The largest absolute Gasteiger partial charge is 0.385 e. The Kier molecular flexibility index (Phi) is 11.8. The lowest BCUT2D eigenvalue weighted by molar-refractivity contribution is 0.0693.